The highest BCUT2D eigenvalue weighted by Crippen LogP contribution is 2.28. The smallest absolute Gasteiger partial charge is 0.135 e. The van der Waals surface area contributed by atoms with Gasteiger partial charge in [0.1, 0.15) is 16.8 Å². The fourth-order valence-corrected chi connectivity index (χ4v) is 2.22. The Balaban J connectivity index is 2.12. The van der Waals surface area contributed by atoms with Crippen LogP contribution in [0.15, 0.2) is 6.07 Å². The van der Waals surface area contributed by atoms with Crippen molar-refractivity contribution in [3.8, 4) is 0 Å². The first-order chi connectivity index (χ1) is 8.06. The van der Waals surface area contributed by atoms with Gasteiger partial charge in [0, 0.05) is 25.6 Å². The monoisotopic (exact) mass is 253 g/mol. The first-order valence-corrected chi connectivity index (χ1v) is 6.69. The fourth-order valence-electron chi connectivity index (χ4n) is 2.03. The zero-order valence-electron chi connectivity index (χ0n) is 10.8. The summed E-state index contributed by atoms with van der Waals surface area (Å²) in [5.41, 5.74) is 0. The lowest BCUT2D eigenvalue weighted by atomic mass is 9.85. The van der Waals surface area contributed by atoms with Gasteiger partial charge in [0.2, 0.25) is 0 Å². The minimum absolute atomic E-state index is 0.310. The number of hydrogen-bond donors (Lipinski definition) is 0. The Morgan fingerprint density at radius 2 is 2.12 bits per heavy atom. The molecule has 1 aromatic rings. The number of hydrogen-bond acceptors (Lipinski definition) is 3. The van der Waals surface area contributed by atoms with Gasteiger partial charge in [0.05, 0.1) is 0 Å². The van der Waals surface area contributed by atoms with Crippen LogP contribution in [0.2, 0.25) is 5.15 Å². The second kappa shape index (κ2) is 5.21. The van der Waals surface area contributed by atoms with E-state index < -0.39 is 0 Å². The van der Waals surface area contributed by atoms with Crippen LogP contribution in [-0.2, 0) is 0 Å². The van der Waals surface area contributed by atoms with Crippen molar-refractivity contribution in [1.82, 2.24) is 9.97 Å². The number of nitrogens with zero attached hydrogens (tertiary/aromatic N) is 3. The summed E-state index contributed by atoms with van der Waals surface area (Å²) in [7, 11) is 2.08. The van der Waals surface area contributed by atoms with E-state index >= 15 is 0 Å². The topological polar surface area (TPSA) is 29.0 Å². The van der Waals surface area contributed by atoms with Gasteiger partial charge < -0.3 is 4.90 Å². The maximum atomic E-state index is 6.04. The fraction of sp³-hybridized carbons (Fsp3) is 0.692. The molecule has 0 atom stereocenters. The maximum absolute atomic E-state index is 6.04. The summed E-state index contributed by atoms with van der Waals surface area (Å²) in [6, 6.07) is 1.85. The highest BCUT2D eigenvalue weighted by Gasteiger charge is 2.20. The van der Waals surface area contributed by atoms with E-state index in [1.165, 1.54) is 19.3 Å². The number of aromatic nitrogens is 2. The Kier molecular flexibility index (Phi) is 3.87. The van der Waals surface area contributed by atoms with E-state index in [1.54, 1.807) is 0 Å². The summed E-state index contributed by atoms with van der Waals surface area (Å²) in [4.78, 5) is 11.0. The second-order valence-corrected chi connectivity index (χ2v) is 5.63. The largest absolute Gasteiger partial charge is 0.359 e. The van der Waals surface area contributed by atoms with Crippen LogP contribution in [0.5, 0.6) is 0 Å². The Morgan fingerprint density at radius 3 is 2.65 bits per heavy atom. The molecule has 2 rings (SSSR count). The first kappa shape index (κ1) is 12.6. The third kappa shape index (κ3) is 3.09. The zero-order chi connectivity index (χ0) is 12.4. The lowest BCUT2D eigenvalue weighted by Gasteiger charge is -2.30. The molecule has 1 saturated carbocycles. The molecule has 0 aliphatic heterocycles. The average molecular weight is 254 g/mol. The van der Waals surface area contributed by atoms with Crippen LogP contribution < -0.4 is 4.90 Å². The minimum Gasteiger partial charge on any atom is -0.359 e. The Morgan fingerprint density at radius 1 is 1.41 bits per heavy atom. The van der Waals surface area contributed by atoms with Gasteiger partial charge in [0.15, 0.2) is 0 Å². The third-order valence-electron chi connectivity index (χ3n) is 3.36. The molecule has 0 saturated heterocycles. The molecular formula is C13H20ClN3. The molecule has 0 radical (unpaired) electrons. The number of halogens is 1. The minimum atomic E-state index is 0.310. The van der Waals surface area contributed by atoms with Gasteiger partial charge >= 0.3 is 0 Å². The first-order valence-electron chi connectivity index (χ1n) is 6.32. The molecule has 0 amide bonds. The van der Waals surface area contributed by atoms with E-state index in [2.05, 4.69) is 35.8 Å². The van der Waals surface area contributed by atoms with Crippen molar-refractivity contribution >= 4 is 17.4 Å². The van der Waals surface area contributed by atoms with E-state index in [1.807, 2.05) is 6.07 Å². The van der Waals surface area contributed by atoms with Crippen LogP contribution in [0.25, 0.3) is 0 Å². The molecule has 0 aromatic carbocycles. The van der Waals surface area contributed by atoms with E-state index in [9.17, 15) is 0 Å². The van der Waals surface area contributed by atoms with Crippen molar-refractivity contribution in [3.05, 3.63) is 17.0 Å². The van der Waals surface area contributed by atoms with Gasteiger partial charge in [-0.05, 0) is 18.8 Å². The standard InChI is InChI=1S/C13H20ClN3/c1-9(2)13-15-11(14)7-12(16-13)17(3)8-10-5-4-6-10/h7,9-10H,4-6,8H2,1-3H3. The lowest BCUT2D eigenvalue weighted by Crippen LogP contribution is -2.30. The highest BCUT2D eigenvalue weighted by molar-refractivity contribution is 6.29. The molecule has 17 heavy (non-hydrogen) atoms. The molecule has 1 aromatic heterocycles. The Hall–Kier alpha value is -0.830. The van der Waals surface area contributed by atoms with Crippen LogP contribution >= 0.6 is 11.6 Å². The van der Waals surface area contributed by atoms with Gasteiger partial charge in [-0.15, -0.1) is 0 Å². The highest BCUT2D eigenvalue weighted by atomic mass is 35.5. The van der Waals surface area contributed by atoms with Crippen LogP contribution in [0.1, 0.15) is 44.9 Å². The average Bonchev–Trinajstić information content (AvgIpc) is 2.22. The molecule has 4 heteroatoms. The maximum Gasteiger partial charge on any atom is 0.135 e. The molecule has 0 N–H and O–H groups in total. The summed E-state index contributed by atoms with van der Waals surface area (Å²) in [6.07, 6.45) is 4.07. The van der Waals surface area contributed by atoms with Crippen molar-refractivity contribution in [1.29, 1.82) is 0 Å². The molecule has 1 aliphatic rings. The molecule has 1 fully saturated rings. The molecular weight excluding hydrogens is 234 g/mol. The Bertz CT molecular complexity index is 388. The number of rotatable bonds is 4. The van der Waals surface area contributed by atoms with E-state index in [4.69, 9.17) is 11.6 Å². The third-order valence-corrected chi connectivity index (χ3v) is 3.56. The van der Waals surface area contributed by atoms with Gasteiger partial charge in [-0.3, -0.25) is 0 Å². The SMILES string of the molecule is CC(C)c1nc(Cl)cc(N(C)CC2CCC2)n1. The normalized spacial score (nSPS) is 16.1. The predicted octanol–water partition coefficient (Wildman–Crippen LogP) is 3.49. The van der Waals surface area contributed by atoms with E-state index in [0.29, 0.717) is 11.1 Å². The number of anilines is 1. The van der Waals surface area contributed by atoms with Crippen molar-refractivity contribution in [2.45, 2.75) is 39.0 Å². The molecule has 0 bridgehead atoms. The molecule has 94 valence electrons. The van der Waals surface area contributed by atoms with Crippen LogP contribution in [0, 0.1) is 5.92 Å². The van der Waals surface area contributed by atoms with Gasteiger partial charge in [-0.2, -0.15) is 0 Å². The molecule has 0 unspecified atom stereocenters. The quantitative estimate of drug-likeness (QED) is 0.770. The van der Waals surface area contributed by atoms with Crippen LogP contribution in [0.3, 0.4) is 0 Å². The lowest BCUT2D eigenvalue weighted by molar-refractivity contribution is 0.321. The summed E-state index contributed by atoms with van der Waals surface area (Å²) < 4.78 is 0. The van der Waals surface area contributed by atoms with Gasteiger partial charge in [-0.25, -0.2) is 9.97 Å². The summed E-state index contributed by atoms with van der Waals surface area (Å²) in [6.45, 7) is 5.24. The summed E-state index contributed by atoms with van der Waals surface area (Å²) in [5, 5.41) is 0.541. The summed E-state index contributed by atoms with van der Waals surface area (Å²) in [5.74, 6) is 2.91. The molecule has 0 spiro atoms. The van der Waals surface area contributed by atoms with Crippen molar-refractivity contribution in [3.63, 3.8) is 0 Å². The molecule has 1 aliphatic carbocycles. The van der Waals surface area contributed by atoms with Crippen molar-refractivity contribution in [2.24, 2.45) is 5.92 Å². The van der Waals surface area contributed by atoms with E-state index in [-0.39, 0.29) is 0 Å². The van der Waals surface area contributed by atoms with Crippen LogP contribution in [0.4, 0.5) is 5.82 Å². The van der Waals surface area contributed by atoms with E-state index in [0.717, 1.165) is 24.1 Å². The van der Waals surface area contributed by atoms with Crippen molar-refractivity contribution in [2.75, 3.05) is 18.5 Å². The summed E-state index contributed by atoms with van der Waals surface area (Å²) >= 11 is 6.04. The molecule has 3 nitrogen and oxygen atoms in total. The Labute approximate surface area is 108 Å². The molecule has 1 heterocycles. The predicted molar refractivity (Wildman–Crippen MR) is 71.7 cm³/mol. The second-order valence-electron chi connectivity index (χ2n) is 5.24. The zero-order valence-corrected chi connectivity index (χ0v) is 11.5. The van der Waals surface area contributed by atoms with Gasteiger partial charge in [0.25, 0.3) is 0 Å². The van der Waals surface area contributed by atoms with Gasteiger partial charge in [-0.1, -0.05) is 31.9 Å². The van der Waals surface area contributed by atoms with Crippen molar-refractivity contribution < 1.29 is 0 Å². The van der Waals surface area contributed by atoms with Crippen LogP contribution in [-0.4, -0.2) is 23.6 Å².